The zero-order valence-electron chi connectivity index (χ0n) is 17.2. The fourth-order valence-corrected chi connectivity index (χ4v) is 4.08. The van der Waals surface area contributed by atoms with Crippen LogP contribution in [-0.4, -0.2) is 31.0 Å². The Bertz CT molecular complexity index is 1610. The van der Waals surface area contributed by atoms with Gasteiger partial charge >= 0.3 is 5.97 Å². The van der Waals surface area contributed by atoms with E-state index in [-0.39, 0.29) is 45.5 Å². The zero-order chi connectivity index (χ0) is 23.4. The highest BCUT2D eigenvalue weighted by Gasteiger charge is 2.23. The molecule has 5 rings (SSSR count). The lowest BCUT2D eigenvalue weighted by atomic mass is 9.90. The molecule has 2 heterocycles. The van der Waals surface area contributed by atoms with Gasteiger partial charge in [0.2, 0.25) is 5.88 Å². The summed E-state index contributed by atoms with van der Waals surface area (Å²) >= 11 is 0. The molecule has 0 radical (unpaired) electrons. The molecule has 1 aromatic heterocycles. The number of carbonyl (C=O) groups is 1. The van der Waals surface area contributed by atoms with E-state index in [1.54, 1.807) is 31.2 Å². The highest BCUT2D eigenvalue weighted by atomic mass is 16.4. The van der Waals surface area contributed by atoms with Crippen molar-refractivity contribution < 1.29 is 29.6 Å². The topological polar surface area (TPSA) is 133 Å². The third-order valence-corrected chi connectivity index (χ3v) is 5.58. The number of carboxylic acids is 1. The van der Waals surface area contributed by atoms with Gasteiger partial charge in [0, 0.05) is 40.3 Å². The molecule has 0 spiro atoms. The van der Waals surface area contributed by atoms with Gasteiger partial charge in [0.25, 0.3) is 0 Å². The van der Waals surface area contributed by atoms with E-state index in [1.807, 2.05) is 0 Å². The Morgan fingerprint density at radius 3 is 2.36 bits per heavy atom. The van der Waals surface area contributed by atoms with Crippen LogP contribution in [0.15, 0.2) is 69.9 Å². The summed E-state index contributed by atoms with van der Waals surface area (Å²) in [4.78, 5) is 24.2. The first-order valence-corrected chi connectivity index (χ1v) is 9.92. The van der Waals surface area contributed by atoms with Gasteiger partial charge in [0.1, 0.15) is 17.1 Å². The summed E-state index contributed by atoms with van der Waals surface area (Å²) in [5.74, 6) is -1.47. The number of hydrogen-bond donors (Lipinski definition) is 4. The van der Waals surface area contributed by atoms with Crippen LogP contribution in [-0.2, 0) is 0 Å². The first kappa shape index (κ1) is 20.2. The summed E-state index contributed by atoms with van der Waals surface area (Å²) < 4.78 is 6.96. The van der Waals surface area contributed by atoms with Crippen molar-refractivity contribution >= 4 is 16.9 Å². The van der Waals surface area contributed by atoms with Crippen LogP contribution in [0.3, 0.4) is 0 Å². The second kappa shape index (κ2) is 7.16. The number of hydrogen-bond acceptors (Lipinski definition) is 6. The average Bonchev–Trinajstić information content (AvgIpc) is 3.02. The molecule has 1 aliphatic carbocycles. The highest BCUT2D eigenvalue weighted by molar-refractivity contribution is 6.07. The number of rotatable bonds is 3. The van der Waals surface area contributed by atoms with Crippen molar-refractivity contribution in [1.82, 2.24) is 4.57 Å². The van der Waals surface area contributed by atoms with Crippen molar-refractivity contribution in [1.29, 1.82) is 0 Å². The molecule has 0 fully saturated rings. The van der Waals surface area contributed by atoms with Crippen LogP contribution >= 0.6 is 0 Å². The Morgan fingerprint density at radius 2 is 1.67 bits per heavy atom. The van der Waals surface area contributed by atoms with Crippen molar-refractivity contribution in [3.63, 3.8) is 0 Å². The number of aromatic hydroxyl groups is 3. The Balaban J connectivity index is 1.86. The fourth-order valence-electron chi connectivity index (χ4n) is 4.08. The van der Waals surface area contributed by atoms with Gasteiger partial charge in [0.15, 0.2) is 11.3 Å². The van der Waals surface area contributed by atoms with Crippen molar-refractivity contribution in [2.24, 2.45) is 0 Å². The summed E-state index contributed by atoms with van der Waals surface area (Å²) in [6, 6.07) is 14.6. The Kier molecular flexibility index (Phi) is 4.39. The smallest absolute Gasteiger partial charge is 0.336 e. The molecule has 2 aromatic carbocycles. The number of phenols is 1. The number of nitrogens with zero attached hydrogens (tertiary/aromatic N) is 1. The number of aryl methyl sites for hydroxylation is 1. The highest BCUT2D eigenvalue weighted by Crippen LogP contribution is 2.43. The Labute approximate surface area is 186 Å². The monoisotopic (exact) mass is 443 g/mol. The first-order chi connectivity index (χ1) is 15.7. The van der Waals surface area contributed by atoms with Crippen LogP contribution in [0.1, 0.15) is 15.9 Å². The first-order valence-electron chi connectivity index (χ1n) is 9.92. The maximum absolute atomic E-state index is 12.3. The molecule has 4 N–H and O–H groups in total. The van der Waals surface area contributed by atoms with Crippen molar-refractivity contribution in [2.75, 3.05) is 0 Å². The van der Waals surface area contributed by atoms with E-state index in [9.17, 15) is 30.0 Å². The second-order valence-electron chi connectivity index (χ2n) is 7.70. The summed E-state index contributed by atoms with van der Waals surface area (Å²) in [5.41, 5.74) is 1.96. The molecule has 1 aliphatic heterocycles. The van der Waals surface area contributed by atoms with Gasteiger partial charge in [-0.15, -0.1) is 0 Å². The third kappa shape index (κ3) is 3.16. The molecule has 33 heavy (non-hydrogen) atoms. The van der Waals surface area contributed by atoms with Gasteiger partial charge in [0.05, 0.1) is 11.3 Å². The minimum atomic E-state index is -1.23. The fraction of sp³-hybridized carbons (Fsp3) is 0.0400. The molecule has 3 aromatic rings. The zero-order valence-corrected chi connectivity index (χ0v) is 17.2. The SMILES string of the molecule is Cc1cc(O)n(-c2ccc(-c3c4ccc(=O)cc-4oc4cc(O)ccc34)c(C(=O)O)c2)c1O. The summed E-state index contributed by atoms with van der Waals surface area (Å²) in [6.45, 7) is 1.61. The summed E-state index contributed by atoms with van der Waals surface area (Å²) in [6.07, 6.45) is 0. The molecule has 0 saturated carbocycles. The maximum atomic E-state index is 12.3. The average molecular weight is 443 g/mol. The largest absolute Gasteiger partial charge is 0.508 e. The summed E-state index contributed by atoms with van der Waals surface area (Å²) in [7, 11) is 0. The number of phenolic OH excluding ortho intramolecular Hbond substituents is 1. The number of fused-ring (bicyclic) bond motifs is 2. The number of aromatic nitrogens is 1. The van der Waals surface area contributed by atoms with Crippen LogP contribution < -0.4 is 5.43 Å². The minimum Gasteiger partial charge on any atom is -0.508 e. The van der Waals surface area contributed by atoms with Gasteiger partial charge < -0.3 is 24.8 Å². The van der Waals surface area contributed by atoms with Gasteiger partial charge in [-0.25, -0.2) is 4.79 Å². The number of carboxylic acid groups (broad SMARTS) is 1. The van der Waals surface area contributed by atoms with Crippen molar-refractivity contribution in [2.45, 2.75) is 6.92 Å². The molecule has 8 heteroatoms. The van der Waals surface area contributed by atoms with E-state index >= 15 is 0 Å². The van der Waals surface area contributed by atoms with E-state index in [1.165, 1.54) is 36.4 Å². The van der Waals surface area contributed by atoms with Gasteiger partial charge in [-0.2, -0.15) is 0 Å². The minimum absolute atomic E-state index is 0.0439. The van der Waals surface area contributed by atoms with Crippen molar-refractivity contribution in [3.8, 4) is 45.6 Å². The lowest BCUT2D eigenvalue weighted by Gasteiger charge is -2.18. The second-order valence-corrected chi connectivity index (χ2v) is 7.70. The van der Waals surface area contributed by atoms with Crippen LogP contribution in [0.4, 0.5) is 0 Å². The van der Waals surface area contributed by atoms with E-state index in [0.717, 1.165) is 4.57 Å². The standard InChI is InChI=1S/C25H17NO7/c1-12-8-22(29)26(24(12)30)13-2-5-16(19(9-13)25(31)32)23-17-6-3-14(27)10-20(17)33-21-11-15(28)4-7-18(21)23/h2-11,27,29-30H,1H3,(H,31,32). The summed E-state index contributed by atoms with van der Waals surface area (Å²) in [5, 5.41) is 41.0. The number of benzene rings is 3. The lowest BCUT2D eigenvalue weighted by molar-refractivity contribution is 0.0697. The van der Waals surface area contributed by atoms with Crippen LogP contribution in [0, 0.1) is 6.92 Å². The maximum Gasteiger partial charge on any atom is 0.336 e. The molecular weight excluding hydrogens is 426 g/mol. The normalized spacial score (nSPS) is 11.3. The van der Waals surface area contributed by atoms with Gasteiger partial charge in [-0.05, 0) is 48.9 Å². The van der Waals surface area contributed by atoms with Crippen LogP contribution in [0.25, 0.3) is 39.1 Å². The third-order valence-electron chi connectivity index (χ3n) is 5.58. The van der Waals surface area contributed by atoms with Gasteiger partial charge in [-0.1, -0.05) is 6.07 Å². The predicted molar refractivity (Wildman–Crippen MR) is 121 cm³/mol. The molecular formula is C25H17NO7. The van der Waals surface area contributed by atoms with E-state index in [4.69, 9.17) is 4.42 Å². The molecule has 0 saturated heterocycles. The lowest BCUT2D eigenvalue weighted by Crippen LogP contribution is -2.05. The Hall–Kier alpha value is -4.72. The van der Waals surface area contributed by atoms with E-state index in [2.05, 4.69) is 0 Å². The van der Waals surface area contributed by atoms with Crippen molar-refractivity contribution in [3.05, 3.63) is 82.0 Å². The molecule has 0 unspecified atom stereocenters. The molecule has 8 nitrogen and oxygen atoms in total. The molecule has 0 atom stereocenters. The molecule has 2 aliphatic rings. The molecule has 0 amide bonds. The van der Waals surface area contributed by atoms with Crippen LogP contribution in [0.5, 0.6) is 17.5 Å². The number of aromatic carboxylic acids is 1. The van der Waals surface area contributed by atoms with E-state index in [0.29, 0.717) is 27.6 Å². The predicted octanol–water partition coefficient (Wildman–Crippen LogP) is 4.48. The Morgan fingerprint density at radius 1 is 0.909 bits per heavy atom. The molecule has 0 bridgehead atoms. The molecule has 164 valence electrons. The quantitative estimate of drug-likeness (QED) is 0.302. The van der Waals surface area contributed by atoms with E-state index < -0.39 is 5.97 Å². The van der Waals surface area contributed by atoms with Crippen LogP contribution in [0.2, 0.25) is 0 Å². The van der Waals surface area contributed by atoms with Gasteiger partial charge in [-0.3, -0.25) is 9.36 Å².